The minimum atomic E-state index is -0.966. The van der Waals surface area contributed by atoms with Crippen molar-refractivity contribution in [3.05, 3.63) is 95.6 Å². The lowest BCUT2D eigenvalue weighted by Crippen LogP contribution is -2.56. The second kappa shape index (κ2) is 11.2. The van der Waals surface area contributed by atoms with Gasteiger partial charge in [-0.05, 0) is 30.4 Å². The summed E-state index contributed by atoms with van der Waals surface area (Å²) < 4.78 is 39.0. The minimum absolute atomic E-state index is 0.177. The van der Waals surface area contributed by atoms with E-state index in [2.05, 4.69) is 0 Å². The Morgan fingerprint density at radius 3 is 2.21 bits per heavy atom. The maximum Gasteiger partial charge on any atom is 0.328 e. The molecule has 1 saturated heterocycles. The zero-order valence-electron chi connectivity index (χ0n) is 21.2. The molecule has 3 aromatic rings. The fourth-order valence-corrected chi connectivity index (χ4v) is 5.56. The summed E-state index contributed by atoms with van der Waals surface area (Å²) in [6.07, 6.45) is 1.51. The molecule has 0 spiro atoms. The maximum absolute atomic E-state index is 14.2. The summed E-state index contributed by atoms with van der Waals surface area (Å²) in [4.78, 5) is 30.8. The Morgan fingerprint density at radius 1 is 0.947 bits per heavy atom. The number of hydrogen-bond acceptors (Lipinski definition) is 5. The summed E-state index contributed by atoms with van der Waals surface area (Å²) in [5.74, 6) is -2.90. The number of hydrogen-bond donors (Lipinski definition) is 0. The number of carbonyl (C=O) groups excluding carboxylic acids is 2. The lowest BCUT2D eigenvalue weighted by molar-refractivity contribution is -0.155. The van der Waals surface area contributed by atoms with Crippen molar-refractivity contribution >= 4 is 17.6 Å². The van der Waals surface area contributed by atoms with Crippen LogP contribution in [0.1, 0.15) is 36.3 Å². The monoisotopic (exact) mass is 520 g/mol. The topological polar surface area (TPSA) is 59.1 Å². The lowest BCUT2D eigenvalue weighted by Gasteiger charge is -2.44. The molecule has 2 atom stereocenters. The number of amides is 1. The van der Waals surface area contributed by atoms with E-state index in [1.165, 1.54) is 7.11 Å². The van der Waals surface area contributed by atoms with Crippen LogP contribution in [0.3, 0.4) is 0 Å². The fraction of sp³-hybridized carbons (Fsp3) is 0.333. The highest BCUT2D eigenvalue weighted by Gasteiger charge is 2.42. The van der Waals surface area contributed by atoms with E-state index in [1.54, 1.807) is 4.90 Å². The number of carbonyl (C=O) groups is 2. The number of benzene rings is 3. The Kier molecular flexibility index (Phi) is 7.58. The molecule has 2 aliphatic heterocycles. The second-order valence-corrected chi connectivity index (χ2v) is 9.63. The Bertz CT molecular complexity index is 1250. The van der Waals surface area contributed by atoms with Gasteiger partial charge in [0.15, 0.2) is 11.6 Å². The van der Waals surface area contributed by atoms with Crippen molar-refractivity contribution in [1.82, 2.24) is 4.90 Å². The van der Waals surface area contributed by atoms with E-state index in [0.29, 0.717) is 44.6 Å². The molecule has 1 amide bonds. The second-order valence-electron chi connectivity index (χ2n) is 9.63. The van der Waals surface area contributed by atoms with Crippen molar-refractivity contribution < 1.29 is 27.8 Å². The number of fused-ring (bicyclic) bond motifs is 1. The molecule has 0 bridgehead atoms. The number of nitrogens with zero attached hydrogens (tertiary/aromatic N) is 2. The number of esters is 1. The predicted molar refractivity (Wildman–Crippen MR) is 139 cm³/mol. The average molecular weight is 521 g/mol. The fourth-order valence-electron chi connectivity index (χ4n) is 5.56. The van der Waals surface area contributed by atoms with Crippen molar-refractivity contribution in [2.24, 2.45) is 0 Å². The van der Waals surface area contributed by atoms with Crippen molar-refractivity contribution in [1.29, 1.82) is 0 Å². The number of anilines is 1. The highest BCUT2D eigenvalue weighted by atomic mass is 19.2. The molecular weight excluding hydrogens is 490 g/mol. The van der Waals surface area contributed by atoms with Gasteiger partial charge in [0.1, 0.15) is 11.8 Å². The summed E-state index contributed by atoms with van der Waals surface area (Å²) in [5.41, 5.74) is 2.14. The van der Waals surface area contributed by atoms with Gasteiger partial charge in [-0.15, -0.1) is 0 Å². The number of piperidine rings is 1. The van der Waals surface area contributed by atoms with Crippen LogP contribution in [-0.2, 0) is 14.3 Å². The predicted octanol–water partition coefficient (Wildman–Crippen LogP) is 4.92. The first-order chi connectivity index (χ1) is 18.5. The molecule has 0 aromatic heterocycles. The first-order valence-electron chi connectivity index (χ1n) is 12.8. The number of rotatable bonds is 5. The maximum atomic E-state index is 14.2. The summed E-state index contributed by atoms with van der Waals surface area (Å²) >= 11 is 0. The molecule has 0 radical (unpaired) electrons. The van der Waals surface area contributed by atoms with E-state index in [9.17, 15) is 18.4 Å². The van der Waals surface area contributed by atoms with Crippen LogP contribution >= 0.6 is 0 Å². The van der Waals surface area contributed by atoms with E-state index in [4.69, 9.17) is 9.47 Å². The zero-order chi connectivity index (χ0) is 26.6. The van der Waals surface area contributed by atoms with Crippen molar-refractivity contribution in [3.8, 4) is 5.75 Å². The highest BCUT2D eigenvalue weighted by molar-refractivity contribution is 5.91. The average Bonchev–Trinajstić information content (AvgIpc) is 3.15. The van der Waals surface area contributed by atoms with Gasteiger partial charge in [0.25, 0.3) is 0 Å². The summed E-state index contributed by atoms with van der Waals surface area (Å²) in [6.45, 7) is 1.25. The Labute approximate surface area is 220 Å². The number of methoxy groups -OCH3 is 1. The Hall–Kier alpha value is -3.94. The molecule has 3 aromatic carbocycles. The smallest absolute Gasteiger partial charge is 0.328 e. The molecule has 1 fully saturated rings. The normalized spacial score (nSPS) is 19.4. The van der Waals surface area contributed by atoms with Gasteiger partial charge in [0.05, 0.1) is 25.3 Å². The number of likely N-dealkylation sites (tertiary alicyclic amines) is 1. The van der Waals surface area contributed by atoms with Gasteiger partial charge in [-0.1, -0.05) is 60.7 Å². The standard InChI is InChI=1S/C30H30F2N2O4/c1-37-30(36)26-17-22(33-14-8-16-38-27-19-24(32)23(31)18-25(27)33)13-15-34(26)29(35)28(20-9-4-2-5-10-20)21-11-6-3-7-12-21/h2-7,9-12,18-19,22,26,28H,8,13-17H2,1H3/t22-,26+/m1/s1. The SMILES string of the molecule is COC(=O)[C@@H]1C[C@H](N2CCCOc3cc(F)c(F)cc32)CCN1C(=O)C(c1ccccc1)c1ccccc1. The van der Waals surface area contributed by atoms with Crippen molar-refractivity contribution in [2.45, 2.75) is 37.3 Å². The van der Waals surface area contributed by atoms with E-state index in [0.717, 1.165) is 23.3 Å². The van der Waals surface area contributed by atoms with E-state index >= 15 is 0 Å². The molecule has 0 N–H and O–H groups in total. The van der Waals surface area contributed by atoms with Gasteiger partial charge in [-0.25, -0.2) is 13.6 Å². The quantitative estimate of drug-likeness (QED) is 0.447. The summed E-state index contributed by atoms with van der Waals surface area (Å²) in [7, 11) is 1.31. The minimum Gasteiger partial charge on any atom is -0.491 e. The molecule has 38 heavy (non-hydrogen) atoms. The number of ether oxygens (including phenoxy) is 2. The van der Waals surface area contributed by atoms with E-state index < -0.39 is 29.6 Å². The van der Waals surface area contributed by atoms with Gasteiger partial charge in [0, 0.05) is 31.3 Å². The first-order valence-corrected chi connectivity index (χ1v) is 12.8. The molecule has 0 saturated carbocycles. The van der Waals surface area contributed by atoms with Crippen molar-refractivity contribution in [2.75, 3.05) is 31.7 Å². The van der Waals surface area contributed by atoms with Crippen LogP contribution < -0.4 is 9.64 Å². The highest BCUT2D eigenvalue weighted by Crippen LogP contribution is 2.38. The molecule has 5 rings (SSSR count). The van der Waals surface area contributed by atoms with Crippen LogP contribution in [0.2, 0.25) is 0 Å². The molecule has 0 aliphatic carbocycles. The van der Waals surface area contributed by atoms with Crippen LogP contribution in [0.15, 0.2) is 72.8 Å². The van der Waals surface area contributed by atoms with Gasteiger partial charge >= 0.3 is 5.97 Å². The summed E-state index contributed by atoms with van der Waals surface area (Å²) in [6, 6.07) is 20.2. The molecule has 8 heteroatoms. The third kappa shape index (κ3) is 5.08. The lowest BCUT2D eigenvalue weighted by atomic mass is 9.87. The van der Waals surface area contributed by atoms with Crippen LogP contribution in [0.25, 0.3) is 0 Å². The third-order valence-electron chi connectivity index (χ3n) is 7.40. The summed E-state index contributed by atoms with van der Waals surface area (Å²) in [5, 5.41) is 0. The molecule has 2 heterocycles. The van der Waals surface area contributed by atoms with Crippen LogP contribution in [0.5, 0.6) is 5.75 Å². The molecule has 198 valence electrons. The first kappa shape index (κ1) is 25.7. The van der Waals surface area contributed by atoms with Crippen molar-refractivity contribution in [3.63, 3.8) is 0 Å². The van der Waals surface area contributed by atoms with Gasteiger partial charge in [0.2, 0.25) is 5.91 Å². The van der Waals surface area contributed by atoms with E-state index in [1.807, 2.05) is 65.6 Å². The van der Waals surface area contributed by atoms with E-state index in [-0.39, 0.29) is 17.7 Å². The zero-order valence-corrected chi connectivity index (χ0v) is 21.2. The molecular formula is C30H30F2N2O4. The Balaban J connectivity index is 1.46. The number of halogens is 2. The van der Waals surface area contributed by atoms with Crippen LogP contribution in [-0.4, -0.2) is 55.7 Å². The third-order valence-corrected chi connectivity index (χ3v) is 7.40. The van der Waals surface area contributed by atoms with Gasteiger partial charge in [-0.3, -0.25) is 4.79 Å². The molecule has 6 nitrogen and oxygen atoms in total. The largest absolute Gasteiger partial charge is 0.491 e. The molecule has 0 unspecified atom stereocenters. The molecule has 2 aliphatic rings. The Morgan fingerprint density at radius 2 is 1.58 bits per heavy atom. The van der Waals surface area contributed by atoms with Crippen LogP contribution in [0.4, 0.5) is 14.5 Å². The van der Waals surface area contributed by atoms with Crippen LogP contribution in [0, 0.1) is 11.6 Å². The van der Waals surface area contributed by atoms with Gasteiger partial charge in [-0.2, -0.15) is 0 Å². The van der Waals surface area contributed by atoms with Gasteiger partial charge < -0.3 is 19.3 Å².